The number of rotatable bonds is 7. The van der Waals surface area contributed by atoms with E-state index in [1.807, 2.05) is 42.9 Å². The number of ether oxygens (including phenoxy) is 1. The van der Waals surface area contributed by atoms with Gasteiger partial charge in [-0.25, -0.2) is 9.97 Å². The van der Waals surface area contributed by atoms with Crippen LogP contribution >= 0.6 is 0 Å². The van der Waals surface area contributed by atoms with Gasteiger partial charge >= 0.3 is 0 Å². The molecule has 2 aromatic heterocycles. The summed E-state index contributed by atoms with van der Waals surface area (Å²) in [6.07, 6.45) is 3.22. The first-order chi connectivity index (χ1) is 12.0. The van der Waals surface area contributed by atoms with E-state index in [-0.39, 0.29) is 5.41 Å². The highest BCUT2D eigenvalue weighted by atomic mass is 16.5. The molecule has 7 heteroatoms. The van der Waals surface area contributed by atoms with Gasteiger partial charge in [0, 0.05) is 43.2 Å². The number of nitrogens with zero attached hydrogens (tertiary/aromatic N) is 3. The van der Waals surface area contributed by atoms with Crippen molar-refractivity contribution in [2.24, 2.45) is 12.5 Å². The maximum atomic E-state index is 10.0. The van der Waals surface area contributed by atoms with Crippen molar-refractivity contribution in [3.63, 3.8) is 0 Å². The molecule has 0 bridgehead atoms. The second kappa shape index (κ2) is 7.51. The van der Waals surface area contributed by atoms with Crippen molar-refractivity contribution >= 4 is 0 Å². The molecule has 3 rings (SSSR count). The van der Waals surface area contributed by atoms with E-state index in [1.54, 1.807) is 6.20 Å². The van der Waals surface area contributed by atoms with Crippen molar-refractivity contribution in [3.05, 3.63) is 42.1 Å². The molecule has 3 atom stereocenters. The molecule has 7 nitrogen and oxygen atoms in total. The van der Waals surface area contributed by atoms with Gasteiger partial charge in [0.2, 0.25) is 5.88 Å². The third-order valence-corrected chi connectivity index (χ3v) is 4.82. The van der Waals surface area contributed by atoms with Gasteiger partial charge in [-0.2, -0.15) is 0 Å². The van der Waals surface area contributed by atoms with Gasteiger partial charge in [0.25, 0.3) is 0 Å². The highest BCUT2D eigenvalue weighted by Gasteiger charge is 2.44. The number of imidazole rings is 1. The van der Waals surface area contributed by atoms with Crippen molar-refractivity contribution in [2.75, 3.05) is 13.2 Å². The molecular formula is C18H26N4O3. The topological polar surface area (TPSA) is 92.4 Å². The number of pyridine rings is 1. The van der Waals surface area contributed by atoms with Crippen molar-refractivity contribution in [1.82, 2.24) is 19.9 Å². The largest absolute Gasteiger partial charge is 0.477 e. The van der Waals surface area contributed by atoms with Gasteiger partial charge in [-0.1, -0.05) is 6.07 Å². The fourth-order valence-electron chi connectivity index (χ4n) is 3.39. The lowest BCUT2D eigenvalue weighted by atomic mass is 9.86. The molecular weight excluding hydrogens is 320 g/mol. The summed E-state index contributed by atoms with van der Waals surface area (Å²) < 4.78 is 7.85. The molecule has 1 aliphatic carbocycles. The Bertz CT molecular complexity index is 693. The quantitative estimate of drug-likeness (QED) is 0.687. The number of hydrogen-bond donors (Lipinski definition) is 3. The van der Waals surface area contributed by atoms with Crippen LogP contribution < -0.4 is 10.1 Å². The van der Waals surface area contributed by atoms with Crippen LogP contribution in [0.4, 0.5) is 0 Å². The summed E-state index contributed by atoms with van der Waals surface area (Å²) in [6.45, 7) is 3.56. The first-order valence-electron chi connectivity index (χ1n) is 8.57. The van der Waals surface area contributed by atoms with Crippen LogP contribution in [0.15, 0.2) is 30.6 Å². The fraction of sp³-hybridized carbons (Fsp3) is 0.556. The third-order valence-electron chi connectivity index (χ3n) is 4.82. The Balaban J connectivity index is 1.63. The van der Waals surface area contributed by atoms with Crippen LogP contribution in [0.5, 0.6) is 5.88 Å². The summed E-state index contributed by atoms with van der Waals surface area (Å²) in [4.78, 5) is 8.65. The lowest BCUT2D eigenvalue weighted by Gasteiger charge is -2.29. The normalized spacial score (nSPS) is 26.1. The number of aliphatic hydroxyl groups is 2. The van der Waals surface area contributed by atoms with Crippen LogP contribution in [-0.2, 0) is 13.6 Å². The van der Waals surface area contributed by atoms with E-state index in [0.717, 1.165) is 11.5 Å². The maximum absolute atomic E-state index is 10.0. The van der Waals surface area contributed by atoms with E-state index >= 15 is 0 Å². The second-order valence-electron chi connectivity index (χ2n) is 7.01. The van der Waals surface area contributed by atoms with E-state index in [0.29, 0.717) is 38.4 Å². The summed E-state index contributed by atoms with van der Waals surface area (Å²) in [6, 6.07) is 5.64. The maximum Gasteiger partial charge on any atom is 0.213 e. The van der Waals surface area contributed by atoms with Crippen molar-refractivity contribution < 1.29 is 14.9 Å². The summed E-state index contributed by atoms with van der Waals surface area (Å²) in [5, 5.41) is 23.5. The van der Waals surface area contributed by atoms with Gasteiger partial charge < -0.3 is 24.8 Å². The minimum absolute atomic E-state index is 0.338. The zero-order valence-electron chi connectivity index (χ0n) is 14.7. The molecule has 136 valence electrons. The predicted molar refractivity (Wildman–Crippen MR) is 93.1 cm³/mol. The molecule has 0 spiro atoms. The number of hydrogen-bond acceptors (Lipinski definition) is 6. The molecule has 3 N–H and O–H groups in total. The van der Waals surface area contributed by atoms with E-state index in [9.17, 15) is 10.2 Å². The summed E-state index contributed by atoms with van der Waals surface area (Å²) >= 11 is 0. The predicted octanol–water partition coefficient (Wildman–Crippen LogP) is 0.794. The Morgan fingerprint density at radius 2 is 2.08 bits per heavy atom. The molecule has 0 saturated heterocycles. The first-order valence-corrected chi connectivity index (χ1v) is 8.57. The number of aliphatic hydroxyl groups excluding tert-OH is 2. The van der Waals surface area contributed by atoms with Gasteiger partial charge in [0.15, 0.2) is 0 Å². The molecule has 25 heavy (non-hydrogen) atoms. The lowest BCUT2D eigenvalue weighted by Crippen LogP contribution is -2.38. The average molecular weight is 346 g/mol. The highest BCUT2D eigenvalue weighted by molar-refractivity contribution is 5.15. The van der Waals surface area contributed by atoms with Crippen molar-refractivity contribution in [3.8, 4) is 5.88 Å². The molecule has 1 saturated carbocycles. The Kier molecular flexibility index (Phi) is 5.36. The van der Waals surface area contributed by atoms with Gasteiger partial charge in [0.05, 0.1) is 25.4 Å². The molecule has 0 amide bonds. The monoisotopic (exact) mass is 346 g/mol. The molecule has 2 aromatic rings. The summed E-state index contributed by atoms with van der Waals surface area (Å²) in [5.41, 5.74) is 0.557. The minimum Gasteiger partial charge on any atom is -0.477 e. The Morgan fingerprint density at radius 1 is 1.32 bits per heavy atom. The van der Waals surface area contributed by atoms with E-state index in [2.05, 4.69) is 15.3 Å². The number of nitrogens with one attached hydrogen (secondary N) is 1. The summed E-state index contributed by atoms with van der Waals surface area (Å²) in [7, 11) is 1.95. The van der Waals surface area contributed by atoms with Crippen molar-refractivity contribution in [1.29, 1.82) is 0 Å². The zero-order valence-corrected chi connectivity index (χ0v) is 14.7. The Hall–Kier alpha value is -1.96. The van der Waals surface area contributed by atoms with Crippen LogP contribution in [0, 0.1) is 12.3 Å². The fourth-order valence-corrected chi connectivity index (χ4v) is 3.39. The lowest BCUT2D eigenvalue weighted by molar-refractivity contribution is 0.0438. The SMILES string of the molecule is Cc1cccc(OCC2(CNCc3nccn3C)C[C@@H](O)[C@@H](O)C2)n1. The minimum atomic E-state index is -0.718. The standard InChI is InChI=1S/C18H26N4O3/c1-13-4-3-5-17(21-13)25-12-18(8-14(23)15(24)9-18)11-19-10-16-20-6-7-22(16)2/h3-7,14-15,19,23-24H,8-12H2,1-2H3/t14-,15+,18?. The molecule has 0 radical (unpaired) electrons. The number of aryl methyl sites for hydroxylation is 2. The van der Waals surface area contributed by atoms with E-state index < -0.39 is 12.2 Å². The van der Waals surface area contributed by atoms with Crippen LogP contribution in [0.1, 0.15) is 24.4 Å². The third kappa shape index (κ3) is 4.36. The first kappa shape index (κ1) is 17.8. The van der Waals surface area contributed by atoms with Gasteiger partial charge in [-0.3, -0.25) is 0 Å². The molecule has 2 heterocycles. The van der Waals surface area contributed by atoms with Gasteiger partial charge in [-0.05, 0) is 25.8 Å². The van der Waals surface area contributed by atoms with Gasteiger partial charge in [-0.15, -0.1) is 0 Å². The zero-order chi connectivity index (χ0) is 17.9. The molecule has 1 unspecified atom stereocenters. The molecule has 1 aliphatic rings. The van der Waals surface area contributed by atoms with E-state index in [1.165, 1.54) is 0 Å². The van der Waals surface area contributed by atoms with Crippen LogP contribution in [0.25, 0.3) is 0 Å². The molecule has 1 fully saturated rings. The van der Waals surface area contributed by atoms with Gasteiger partial charge in [0.1, 0.15) is 5.82 Å². The smallest absolute Gasteiger partial charge is 0.213 e. The second-order valence-corrected chi connectivity index (χ2v) is 7.01. The summed E-state index contributed by atoms with van der Waals surface area (Å²) in [5.74, 6) is 1.51. The number of aromatic nitrogens is 3. The molecule has 0 aliphatic heterocycles. The highest BCUT2D eigenvalue weighted by Crippen LogP contribution is 2.38. The molecule has 0 aromatic carbocycles. The van der Waals surface area contributed by atoms with Crippen LogP contribution in [0.2, 0.25) is 0 Å². The van der Waals surface area contributed by atoms with Crippen molar-refractivity contribution in [2.45, 2.75) is 38.5 Å². The Morgan fingerprint density at radius 3 is 2.72 bits per heavy atom. The van der Waals surface area contributed by atoms with Crippen LogP contribution in [0.3, 0.4) is 0 Å². The average Bonchev–Trinajstić information content (AvgIpc) is 3.10. The van der Waals surface area contributed by atoms with E-state index in [4.69, 9.17) is 4.74 Å². The Labute approximate surface area is 147 Å². The van der Waals surface area contributed by atoms with Crippen LogP contribution in [-0.4, -0.2) is 50.1 Å².